The molecule has 0 atom stereocenters. The van der Waals surface area contributed by atoms with Crippen molar-refractivity contribution in [3.05, 3.63) is 34.9 Å². The molecular formula is C16H26N2. The smallest absolute Gasteiger partial charge is 0.0238 e. The minimum absolute atomic E-state index is 0.273. The van der Waals surface area contributed by atoms with E-state index in [-0.39, 0.29) is 5.54 Å². The second-order valence-electron chi connectivity index (χ2n) is 6.00. The van der Waals surface area contributed by atoms with Crippen molar-refractivity contribution in [2.75, 3.05) is 13.6 Å². The Labute approximate surface area is 111 Å². The topological polar surface area (TPSA) is 15.3 Å². The highest BCUT2D eigenvalue weighted by Crippen LogP contribution is 2.24. The molecule has 2 rings (SSSR count). The third-order valence-corrected chi connectivity index (χ3v) is 4.54. The highest BCUT2D eigenvalue weighted by Gasteiger charge is 2.22. The number of hydrogen-bond donors (Lipinski definition) is 1. The Morgan fingerprint density at radius 1 is 1.33 bits per heavy atom. The van der Waals surface area contributed by atoms with Crippen LogP contribution in [-0.4, -0.2) is 24.0 Å². The zero-order chi connectivity index (χ0) is 13.2. The van der Waals surface area contributed by atoms with Gasteiger partial charge < -0.3 is 5.32 Å². The van der Waals surface area contributed by atoms with Gasteiger partial charge in [-0.15, -0.1) is 0 Å². The standard InChI is InChI=1S/C16H26N2/c1-5-16(2,3)18(4)12-14-8-6-7-13-11-17-10-9-15(13)14/h6-8,17H,5,9-12H2,1-4H3. The van der Waals surface area contributed by atoms with Crippen LogP contribution in [0.2, 0.25) is 0 Å². The first kappa shape index (κ1) is 13.6. The minimum atomic E-state index is 0.273. The van der Waals surface area contributed by atoms with Crippen molar-refractivity contribution < 1.29 is 0 Å². The van der Waals surface area contributed by atoms with Crippen LogP contribution in [0.1, 0.15) is 43.9 Å². The van der Waals surface area contributed by atoms with E-state index < -0.39 is 0 Å². The molecule has 0 aromatic heterocycles. The molecule has 1 aliphatic heterocycles. The number of hydrogen-bond acceptors (Lipinski definition) is 2. The molecule has 0 amide bonds. The molecule has 1 aromatic carbocycles. The molecule has 0 bridgehead atoms. The predicted molar refractivity (Wildman–Crippen MR) is 77.7 cm³/mol. The predicted octanol–water partition coefficient (Wildman–Crippen LogP) is 2.95. The zero-order valence-electron chi connectivity index (χ0n) is 12.2. The lowest BCUT2D eigenvalue weighted by atomic mass is 9.93. The molecule has 0 radical (unpaired) electrons. The van der Waals surface area contributed by atoms with E-state index in [1.807, 2.05) is 0 Å². The highest BCUT2D eigenvalue weighted by atomic mass is 15.2. The van der Waals surface area contributed by atoms with E-state index in [2.05, 4.69) is 56.2 Å². The molecule has 2 heteroatoms. The van der Waals surface area contributed by atoms with Crippen molar-refractivity contribution in [2.45, 2.75) is 52.2 Å². The van der Waals surface area contributed by atoms with Gasteiger partial charge in [-0.1, -0.05) is 25.1 Å². The second kappa shape index (κ2) is 5.41. The van der Waals surface area contributed by atoms with Crippen LogP contribution in [0.15, 0.2) is 18.2 Å². The first-order valence-corrected chi connectivity index (χ1v) is 7.06. The third kappa shape index (κ3) is 2.76. The molecule has 0 fully saturated rings. The van der Waals surface area contributed by atoms with Gasteiger partial charge >= 0.3 is 0 Å². The van der Waals surface area contributed by atoms with E-state index in [0.29, 0.717) is 0 Å². The summed E-state index contributed by atoms with van der Waals surface area (Å²) in [5, 5.41) is 3.45. The fraction of sp³-hybridized carbons (Fsp3) is 0.625. The minimum Gasteiger partial charge on any atom is -0.312 e. The summed E-state index contributed by atoms with van der Waals surface area (Å²) in [5.74, 6) is 0. The normalized spacial score (nSPS) is 15.8. The quantitative estimate of drug-likeness (QED) is 0.878. The van der Waals surface area contributed by atoms with Gasteiger partial charge in [0, 0.05) is 18.6 Å². The molecule has 1 aliphatic rings. The molecule has 1 N–H and O–H groups in total. The summed E-state index contributed by atoms with van der Waals surface area (Å²) < 4.78 is 0. The summed E-state index contributed by atoms with van der Waals surface area (Å²) in [6, 6.07) is 6.76. The van der Waals surface area contributed by atoms with Gasteiger partial charge in [-0.3, -0.25) is 4.90 Å². The van der Waals surface area contributed by atoms with E-state index in [4.69, 9.17) is 0 Å². The van der Waals surface area contributed by atoms with Gasteiger partial charge in [-0.25, -0.2) is 0 Å². The molecule has 1 heterocycles. The molecule has 18 heavy (non-hydrogen) atoms. The van der Waals surface area contributed by atoms with Gasteiger partial charge in [-0.2, -0.15) is 0 Å². The maximum absolute atomic E-state index is 3.45. The number of benzene rings is 1. The van der Waals surface area contributed by atoms with Crippen LogP contribution in [-0.2, 0) is 19.5 Å². The number of nitrogens with one attached hydrogen (secondary N) is 1. The van der Waals surface area contributed by atoms with Gasteiger partial charge in [0.1, 0.15) is 0 Å². The van der Waals surface area contributed by atoms with E-state index >= 15 is 0 Å². The van der Waals surface area contributed by atoms with Crippen LogP contribution >= 0.6 is 0 Å². The number of fused-ring (bicyclic) bond motifs is 1. The maximum Gasteiger partial charge on any atom is 0.0238 e. The molecule has 0 saturated carbocycles. The first-order valence-electron chi connectivity index (χ1n) is 7.06. The largest absolute Gasteiger partial charge is 0.312 e. The highest BCUT2D eigenvalue weighted by molar-refractivity contribution is 5.37. The summed E-state index contributed by atoms with van der Waals surface area (Å²) in [7, 11) is 2.24. The molecule has 0 spiro atoms. The Morgan fingerprint density at radius 3 is 2.83 bits per heavy atom. The fourth-order valence-corrected chi connectivity index (χ4v) is 2.50. The summed E-state index contributed by atoms with van der Waals surface area (Å²) >= 11 is 0. The van der Waals surface area contributed by atoms with Gasteiger partial charge in [-0.05, 0) is 57.0 Å². The van der Waals surface area contributed by atoms with Crippen molar-refractivity contribution in [3.8, 4) is 0 Å². The van der Waals surface area contributed by atoms with E-state index in [9.17, 15) is 0 Å². The molecule has 2 nitrogen and oxygen atoms in total. The SMILES string of the molecule is CCC(C)(C)N(C)Cc1cccc2c1CCNC2. The lowest BCUT2D eigenvalue weighted by Gasteiger charge is -2.35. The van der Waals surface area contributed by atoms with Crippen LogP contribution in [0.3, 0.4) is 0 Å². The Bertz CT molecular complexity index is 410. The van der Waals surface area contributed by atoms with E-state index in [0.717, 1.165) is 19.6 Å². The lowest BCUT2D eigenvalue weighted by Crippen LogP contribution is -2.40. The molecule has 100 valence electrons. The van der Waals surface area contributed by atoms with Gasteiger partial charge in [0.25, 0.3) is 0 Å². The van der Waals surface area contributed by atoms with Crippen LogP contribution in [0.25, 0.3) is 0 Å². The van der Waals surface area contributed by atoms with Crippen molar-refractivity contribution in [1.29, 1.82) is 0 Å². The van der Waals surface area contributed by atoms with Gasteiger partial charge in [0.15, 0.2) is 0 Å². The molecule has 0 unspecified atom stereocenters. The van der Waals surface area contributed by atoms with Crippen LogP contribution in [0, 0.1) is 0 Å². The van der Waals surface area contributed by atoms with Crippen molar-refractivity contribution in [3.63, 3.8) is 0 Å². The van der Waals surface area contributed by atoms with Crippen molar-refractivity contribution in [1.82, 2.24) is 10.2 Å². The first-order chi connectivity index (χ1) is 8.54. The second-order valence-corrected chi connectivity index (χ2v) is 6.00. The van der Waals surface area contributed by atoms with Crippen LogP contribution < -0.4 is 5.32 Å². The Balaban J connectivity index is 2.19. The summed E-state index contributed by atoms with van der Waals surface area (Å²) in [6.45, 7) is 10.1. The van der Waals surface area contributed by atoms with E-state index in [1.54, 1.807) is 5.56 Å². The lowest BCUT2D eigenvalue weighted by molar-refractivity contribution is 0.142. The van der Waals surface area contributed by atoms with Crippen LogP contribution in [0.4, 0.5) is 0 Å². The number of rotatable bonds is 4. The monoisotopic (exact) mass is 246 g/mol. The fourth-order valence-electron chi connectivity index (χ4n) is 2.50. The summed E-state index contributed by atoms with van der Waals surface area (Å²) in [5.41, 5.74) is 4.85. The molecule has 0 saturated heterocycles. The average molecular weight is 246 g/mol. The Morgan fingerprint density at radius 2 is 2.11 bits per heavy atom. The summed E-state index contributed by atoms with van der Waals surface area (Å²) in [4.78, 5) is 2.48. The van der Waals surface area contributed by atoms with E-state index in [1.165, 1.54) is 24.0 Å². The van der Waals surface area contributed by atoms with Gasteiger partial charge in [0.2, 0.25) is 0 Å². The molecule has 1 aromatic rings. The van der Waals surface area contributed by atoms with Gasteiger partial charge in [0.05, 0.1) is 0 Å². The molecule has 0 aliphatic carbocycles. The maximum atomic E-state index is 3.45. The molecular weight excluding hydrogens is 220 g/mol. The Kier molecular flexibility index (Phi) is 4.08. The van der Waals surface area contributed by atoms with Crippen molar-refractivity contribution >= 4 is 0 Å². The zero-order valence-corrected chi connectivity index (χ0v) is 12.2. The summed E-state index contributed by atoms with van der Waals surface area (Å²) in [6.07, 6.45) is 2.35. The average Bonchev–Trinajstić information content (AvgIpc) is 2.39. The Hall–Kier alpha value is -0.860. The van der Waals surface area contributed by atoms with Crippen molar-refractivity contribution in [2.24, 2.45) is 0 Å². The third-order valence-electron chi connectivity index (χ3n) is 4.54. The van der Waals surface area contributed by atoms with Crippen LogP contribution in [0.5, 0.6) is 0 Å². The number of nitrogens with zero attached hydrogens (tertiary/aromatic N) is 1.